The minimum absolute atomic E-state index is 0.0709. The van der Waals surface area contributed by atoms with Crippen LogP contribution in [0.3, 0.4) is 0 Å². The van der Waals surface area contributed by atoms with Crippen molar-refractivity contribution in [1.29, 1.82) is 0 Å². The van der Waals surface area contributed by atoms with Crippen molar-refractivity contribution in [3.63, 3.8) is 0 Å². The smallest absolute Gasteiger partial charge is 0.300 e. The summed E-state index contributed by atoms with van der Waals surface area (Å²) in [5, 5.41) is 11.1. The molecule has 33 heavy (non-hydrogen) atoms. The van der Waals surface area contributed by atoms with Crippen molar-refractivity contribution in [2.75, 3.05) is 18.1 Å². The quantitative estimate of drug-likeness (QED) is 0.362. The second kappa shape index (κ2) is 8.65. The molecule has 2 saturated heterocycles. The SMILES string of the molecule is Cc1ccc(/C(O)=C2/C(=O)C(=O)N(c3ccc(C4OCCO4)cc3)C2c2ccccc2)cc1. The van der Waals surface area contributed by atoms with Crippen LogP contribution in [0.15, 0.2) is 84.4 Å². The maximum Gasteiger partial charge on any atom is 0.300 e. The van der Waals surface area contributed by atoms with Crippen LogP contribution in [0.1, 0.15) is 34.6 Å². The predicted molar refractivity (Wildman–Crippen MR) is 123 cm³/mol. The highest BCUT2D eigenvalue weighted by Gasteiger charge is 2.46. The number of aryl methyl sites for hydroxylation is 1. The fourth-order valence-corrected chi connectivity index (χ4v) is 4.26. The fraction of sp³-hybridized carbons (Fsp3) is 0.185. The first-order chi connectivity index (χ1) is 16.0. The van der Waals surface area contributed by atoms with Gasteiger partial charge >= 0.3 is 0 Å². The van der Waals surface area contributed by atoms with Crippen LogP contribution in [0.25, 0.3) is 5.76 Å². The number of ketones is 1. The Hall–Kier alpha value is -3.74. The number of hydrogen-bond donors (Lipinski definition) is 1. The van der Waals surface area contributed by atoms with E-state index in [0.29, 0.717) is 24.5 Å². The Labute approximate surface area is 191 Å². The zero-order chi connectivity index (χ0) is 22.9. The highest BCUT2D eigenvalue weighted by atomic mass is 16.7. The van der Waals surface area contributed by atoms with Gasteiger partial charge in [0.05, 0.1) is 24.8 Å². The van der Waals surface area contributed by atoms with Crippen LogP contribution >= 0.6 is 0 Å². The Morgan fingerprint density at radius 3 is 2.12 bits per heavy atom. The molecule has 0 aliphatic carbocycles. The minimum Gasteiger partial charge on any atom is -0.507 e. The van der Waals surface area contributed by atoms with E-state index in [9.17, 15) is 14.7 Å². The third-order valence-electron chi connectivity index (χ3n) is 5.95. The fourth-order valence-electron chi connectivity index (χ4n) is 4.26. The molecule has 2 aliphatic rings. The second-order valence-electron chi connectivity index (χ2n) is 8.11. The van der Waals surface area contributed by atoms with E-state index in [4.69, 9.17) is 9.47 Å². The van der Waals surface area contributed by atoms with Crippen LogP contribution < -0.4 is 4.90 Å². The van der Waals surface area contributed by atoms with Gasteiger partial charge in [0.25, 0.3) is 11.7 Å². The van der Waals surface area contributed by atoms with Crippen molar-refractivity contribution in [2.24, 2.45) is 0 Å². The van der Waals surface area contributed by atoms with Gasteiger partial charge in [-0.15, -0.1) is 0 Å². The molecule has 0 bridgehead atoms. The number of carbonyl (C=O) groups is 2. The summed E-state index contributed by atoms with van der Waals surface area (Å²) < 4.78 is 11.1. The zero-order valence-corrected chi connectivity index (χ0v) is 18.1. The van der Waals surface area contributed by atoms with E-state index in [1.807, 2.05) is 61.5 Å². The Bertz CT molecular complexity index is 1210. The summed E-state index contributed by atoms with van der Waals surface area (Å²) in [6.07, 6.45) is -0.430. The Balaban J connectivity index is 1.61. The van der Waals surface area contributed by atoms with Crippen LogP contribution in [-0.4, -0.2) is 30.0 Å². The van der Waals surface area contributed by atoms with Crippen LogP contribution in [-0.2, 0) is 19.1 Å². The number of ether oxygens (including phenoxy) is 2. The van der Waals surface area contributed by atoms with Crippen molar-refractivity contribution in [3.8, 4) is 0 Å². The molecule has 3 aromatic rings. The van der Waals surface area contributed by atoms with E-state index >= 15 is 0 Å². The average Bonchev–Trinajstić information content (AvgIpc) is 3.47. The van der Waals surface area contributed by atoms with Gasteiger partial charge in [-0.05, 0) is 24.6 Å². The van der Waals surface area contributed by atoms with Gasteiger partial charge in [0.1, 0.15) is 5.76 Å². The molecule has 3 aromatic carbocycles. The summed E-state index contributed by atoms with van der Waals surface area (Å²) in [5.41, 5.74) is 3.71. The van der Waals surface area contributed by atoms with E-state index in [2.05, 4.69) is 0 Å². The molecule has 1 N–H and O–H groups in total. The molecule has 0 radical (unpaired) electrons. The number of rotatable bonds is 4. The molecule has 5 rings (SSSR count). The average molecular weight is 441 g/mol. The third-order valence-corrected chi connectivity index (χ3v) is 5.95. The first kappa shape index (κ1) is 21.1. The summed E-state index contributed by atoms with van der Waals surface area (Å²) in [6.45, 7) is 3.01. The Morgan fingerprint density at radius 1 is 0.848 bits per heavy atom. The first-order valence-electron chi connectivity index (χ1n) is 10.8. The van der Waals surface area contributed by atoms with Gasteiger partial charge in [-0.3, -0.25) is 14.5 Å². The molecule has 2 aliphatic heterocycles. The maximum atomic E-state index is 13.2. The molecule has 1 atom stereocenters. The molecule has 1 unspecified atom stereocenters. The van der Waals surface area contributed by atoms with Crippen molar-refractivity contribution in [2.45, 2.75) is 19.3 Å². The summed E-state index contributed by atoms with van der Waals surface area (Å²) in [7, 11) is 0. The van der Waals surface area contributed by atoms with Gasteiger partial charge in [0.15, 0.2) is 6.29 Å². The van der Waals surface area contributed by atoms with Gasteiger partial charge in [-0.1, -0.05) is 72.3 Å². The van der Waals surface area contributed by atoms with E-state index in [1.54, 1.807) is 24.3 Å². The summed E-state index contributed by atoms with van der Waals surface area (Å²) in [4.78, 5) is 27.8. The molecule has 1 amide bonds. The number of anilines is 1. The summed E-state index contributed by atoms with van der Waals surface area (Å²) >= 11 is 0. The highest BCUT2D eigenvalue weighted by Crippen LogP contribution is 2.42. The molecule has 0 aromatic heterocycles. The molecular formula is C27H23NO5. The number of aliphatic hydroxyl groups is 1. The molecule has 166 valence electrons. The van der Waals surface area contributed by atoms with Crippen LogP contribution in [0.5, 0.6) is 0 Å². The van der Waals surface area contributed by atoms with Crippen molar-refractivity contribution >= 4 is 23.1 Å². The number of nitrogens with zero attached hydrogens (tertiary/aromatic N) is 1. The molecule has 0 spiro atoms. The van der Waals surface area contributed by atoms with E-state index < -0.39 is 24.0 Å². The molecule has 2 fully saturated rings. The van der Waals surface area contributed by atoms with Crippen LogP contribution in [0.4, 0.5) is 5.69 Å². The topological polar surface area (TPSA) is 76.1 Å². The monoisotopic (exact) mass is 441 g/mol. The lowest BCUT2D eigenvalue weighted by Gasteiger charge is -2.25. The highest BCUT2D eigenvalue weighted by molar-refractivity contribution is 6.51. The lowest BCUT2D eigenvalue weighted by molar-refractivity contribution is -0.132. The summed E-state index contributed by atoms with van der Waals surface area (Å²) in [6, 6.07) is 22.9. The number of amides is 1. The number of hydrogen-bond acceptors (Lipinski definition) is 5. The molecular weight excluding hydrogens is 418 g/mol. The second-order valence-corrected chi connectivity index (χ2v) is 8.11. The normalized spacial score (nSPS) is 20.5. The maximum absolute atomic E-state index is 13.2. The van der Waals surface area contributed by atoms with Crippen LogP contribution in [0.2, 0.25) is 0 Å². The lowest BCUT2D eigenvalue weighted by Crippen LogP contribution is -2.29. The minimum atomic E-state index is -0.752. The number of carbonyl (C=O) groups excluding carboxylic acids is 2. The molecule has 2 heterocycles. The third kappa shape index (κ3) is 3.84. The molecule has 0 saturated carbocycles. The van der Waals surface area contributed by atoms with Gasteiger partial charge in [-0.2, -0.15) is 0 Å². The zero-order valence-electron chi connectivity index (χ0n) is 18.1. The van der Waals surface area contributed by atoms with Gasteiger partial charge in [0, 0.05) is 16.8 Å². The number of aliphatic hydroxyl groups excluding tert-OH is 1. The van der Waals surface area contributed by atoms with Gasteiger partial charge in [0.2, 0.25) is 0 Å². The number of benzene rings is 3. The largest absolute Gasteiger partial charge is 0.507 e. The molecule has 6 heteroatoms. The van der Waals surface area contributed by atoms with Crippen molar-refractivity contribution < 1.29 is 24.2 Å². The summed E-state index contributed by atoms with van der Waals surface area (Å²) in [5.74, 6) is -1.58. The van der Waals surface area contributed by atoms with Crippen molar-refractivity contribution in [3.05, 3.63) is 107 Å². The van der Waals surface area contributed by atoms with Gasteiger partial charge < -0.3 is 14.6 Å². The van der Waals surface area contributed by atoms with Gasteiger partial charge in [-0.25, -0.2) is 0 Å². The first-order valence-corrected chi connectivity index (χ1v) is 10.8. The van der Waals surface area contributed by atoms with Crippen molar-refractivity contribution in [1.82, 2.24) is 0 Å². The Kier molecular flexibility index (Phi) is 5.54. The standard InChI is InChI=1S/C27H23NO5/c1-17-7-9-19(10-8-17)24(29)22-23(18-5-3-2-4-6-18)28(26(31)25(22)30)21-13-11-20(12-14-21)27-32-15-16-33-27/h2-14,23,27,29H,15-16H2,1H3/b24-22-. The Morgan fingerprint density at radius 2 is 1.48 bits per heavy atom. The van der Waals surface area contributed by atoms with E-state index in [-0.39, 0.29) is 11.3 Å². The van der Waals surface area contributed by atoms with E-state index in [1.165, 1.54) is 4.90 Å². The van der Waals surface area contributed by atoms with Crippen LogP contribution in [0, 0.1) is 6.92 Å². The number of Topliss-reactive ketones (excluding diaryl/α,β-unsaturated/α-hetero) is 1. The van der Waals surface area contributed by atoms with E-state index in [0.717, 1.165) is 16.7 Å². The lowest BCUT2D eigenvalue weighted by atomic mass is 9.95. The molecule has 6 nitrogen and oxygen atoms in total. The predicted octanol–water partition coefficient (Wildman–Crippen LogP) is 4.67.